The van der Waals surface area contributed by atoms with Gasteiger partial charge >= 0.3 is 0 Å². The lowest BCUT2D eigenvalue weighted by Gasteiger charge is -2.36. The molecule has 33 heavy (non-hydrogen) atoms. The van der Waals surface area contributed by atoms with Crippen molar-refractivity contribution in [3.05, 3.63) is 47.0 Å². The highest BCUT2D eigenvalue weighted by Crippen LogP contribution is 2.31. The summed E-state index contributed by atoms with van der Waals surface area (Å²) in [6.07, 6.45) is 3.42. The number of amides is 2. The number of aromatic nitrogens is 2. The molecule has 1 saturated heterocycles. The van der Waals surface area contributed by atoms with Gasteiger partial charge in [0.25, 0.3) is 5.91 Å². The van der Waals surface area contributed by atoms with Gasteiger partial charge in [-0.2, -0.15) is 5.10 Å². The molecule has 0 atom stereocenters. The number of nitrogens with one attached hydrogen (secondary N) is 1. The van der Waals surface area contributed by atoms with Gasteiger partial charge in [-0.25, -0.2) is 4.68 Å². The first-order valence-electron chi connectivity index (χ1n) is 11.8. The van der Waals surface area contributed by atoms with Crippen molar-refractivity contribution in [3.8, 4) is 5.69 Å². The Morgan fingerprint density at radius 1 is 1.03 bits per heavy atom. The summed E-state index contributed by atoms with van der Waals surface area (Å²) in [6.45, 7) is 5.55. The molecule has 5 rings (SSSR count). The number of likely N-dealkylation sites (N-methyl/N-ethyl adjacent to an activating group) is 1. The van der Waals surface area contributed by atoms with Crippen molar-refractivity contribution in [2.45, 2.75) is 38.6 Å². The Morgan fingerprint density at radius 3 is 2.42 bits per heavy atom. The van der Waals surface area contributed by atoms with Crippen molar-refractivity contribution in [1.82, 2.24) is 24.9 Å². The summed E-state index contributed by atoms with van der Waals surface area (Å²) in [5, 5.41) is 8.90. The summed E-state index contributed by atoms with van der Waals surface area (Å²) in [5.74, 6) is 0.382. The molecule has 8 heteroatoms. The fourth-order valence-corrected chi connectivity index (χ4v) is 6.02. The van der Waals surface area contributed by atoms with E-state index in [0.717, 1.165) is 73.5 Å². The summed E-state index contributed by atoms with van der Waals surface area (Å²) < 4.78 is 1.92. The van der Waals surface area contributed by atoms with E-state index >= 15 is 0 Å². The smallest absolute Gasteiger partial charge is 0.261 e. The highest BCUT2D eigenvalue weighted by atomic mass is 32.1. The third-order valence-electron chi connectivity index (χ3n) is 7.00. The van der Waals surface area contributed by atoms with Gasteiger partial charge in [0.2, 0.25) is 5.91 Å². The highest BCUT2D eigenvalue weighted by Gasteiger charge is 2.31. The number of piperazine rings is 1. The van der Waals surface area contributed by atoms with Crippen molar-refractivity contribution in [3.63, 3.8) is 0 Å². The monoisotopic (exact) mass is 465 g/mol. The van der Waals surface area contributed by atoms with Crippen LogP contribution in [0.5, 0.6) is 0 Å². The Bertz CT molecular complexity index is 1140. The standard InChI is InChI=1S/C25H31N5O2S/c1-17-21-16-22(33-25(21)30(27-17)20-6-4-3-5-7-20)23(31)26-19-10-8-18(9-11-19)24(32)29-14-12-28(2)13-15-29/h3-7,16,18-19H,8-15H2,1-2H3,(H,26,31). The van der Waals surface area contributed by atoms with Crippen molar-refractivity contribution in [1.29, 1.82) is 0 Å². The lowest BCUT2D eigenvalue weighted by Crippen LogP contribution is -2.50. The second-order valence-electron chi connectivity index (χ2n) is 9.31. The van der Waals surface area contributed by atoms with E-state index < -0.39 is 0 Å². The van der Waals surface area contributed by atoms with Gasteiger partial charge in [0.05, 0.1) is 16.3 Å². The van der Waals surface area contributed by atoms with Crippen molar-refractivity contribution >= 4 is 33.4 Å². The Hall–Kier alpha value is -2.71. The number of benzene rings is 1. The van der Waals surface area contributed by atoms with Gasteiger partial charge in [0.15, 0.2) is 0 Å². The predicted octanol–water partition coefficient (Wildman–Crippen LogP) is 3.46. The number of rotatable bonds is 4. The first-order valence-corrected chi connectivity index (χ1v) is 12.6. The van der Waals surface area contributed by atoms with E-state index in [1.165, 1.54) is 11.3 Å². The van der Waals surface area contributed by atoms with Crippen LogP contribution in [-0.4, -0.2) is 70.7 Å². The molecule has 1 aromatic carbocycles. The summed E-state index contributed by atoms with van der Waals surface area (Å²) in [5.41, 5.74) is 1.92. The maximum Gasteiger partial charge on any atom is 0.261 e. The zero-order valence-corrected chi connectivity index (χ0v) is 20.1. The number of hydrogen-bond acceptors (Lipinski definition) is 5. The molecule has 2 aliphatic rings. The van der Waals surface area contributed by atoms with Crippen LogP contribution in [0.2, 0.25) is 0 Å². The molecule has 1 aliphatic carbocycles. The van der Waals surface area contributed by atoms with E-state index in [2.05, 4.69) is 22.4 Å². The Labute approximate surface area is 198 Å². The van der Waals surface area contributed by atoms with Gasteiger partial charge in [0, 0.05) is 43.5 Å². The van der Waals surface area contributed by atoms with Gasteiger partial charge in [-0.1, -0.05) is 18.2 Å². The number of para-hydroxylation sites is 1. The fourth-order valence-electron chi connectivity index (χ4n) is 4.93. The zero-order chi connectivity index (χ0) is 22.9. The average molecular weight is 466 g/mol. The molecule has 2 fully saturated rings. The Morgan fingerprint density at radius 2 is 1.73 bits per heavy atom. The van der Waals surface area contributed by atoms with E-state index in [-0.39, 0.29) is 17.9 Å². The number of fused-ring (bicyclic) bond motifs is 1. The molecule has 3 aromatic rings. The van der Waals surface area contributed by atoms with E-state index in [0.29, 0.717) is 10.8 Å². The van der Waals surface area contributed by atoms with E-state index in [1.54, 1.807) is 0 Å². The maximum atomic E-state index is 13.0. The van der Waals surface area contributed by atoms with Crippen LogP contribution in [0, 0.1) is 12.8 Å². The van der Waals surface area contributed by atoms with Gasteiger partial charge in [-0.15, -0.1) is 11.3 Å². The number of hydrogen-bond donors (Lipinski definition) is 1. The number of nitrogens with zero attached hydrogens (tertiary/aromatic N) is 4. The molecule has 2 amide bonds. The fraction of sp³-hybridized carbons (Fsp3) is 0.480. The molecule has 0 unspecified atom stereocenters. The SMILES string of the molecule is Cc1nn(-c2ccccc2)c2sc(C(=O)NC3CCC(C(=O)N4CCN(C)CC4)CC3)cc12. The van der Waals surface area contributed by atoms with Crippen LogP contribution in [0.3, 0.4) is 0 Å². The molecule has 1 aliphatic heterocycles. The number of carbonyl (C=O) groups excluding carboxylic acids is 2. The van der Waals surface area contributed by atoms with E-state index in [4.69, 9.17) is 0 Å². The van der Waals surface area contributed by atoms with Crippen molar-refractivity contribution in [2.24, 2.45) is 5.92 Å². The molecule has 1 N–H and O–H groups in total. The van der Waals surface area contributed by atoms with Gasteiger partial charge in [0.1, 0.15) is 4.83 Å². The number of thiophene rings is 1. The molecule has 3 heterocycles. The van der Waals surface area contributed by atoms with E-state index in [9.17, 15) is 9.59 Å². The predicted molar refractivity (Wildman–Crippen MR) is 131 cm³/mol. The number of carbonyl (C=O) groups is 2. The summed E-state index contributed by atoms with van der Waals surface area (Å²) in [4.78, 5) is 31.9. The van der Waals surface area contributed by atoms with Crippen LogP contribution >= 0.6 is 11.3 Å². The van der Waals surface area contributed by atoms with Crippen molar-refractivity contribution < 1.29 is 9.59 Å². The molecule has 0 spiro atoms. The molecule has 174 valence electrons. The van der Waals surface area contributed by atoms with Crippen LogP contribution < -0.4 is 5.32 Å². The van der Waals surface area contributed by atoms with Gasteiger partial charge in [-0.3, -0.25) is 9.59 Å². The van der Waals surface area contributed by atoms with E-state index in [1.807, 2.05) is 52.9 Å². The molecule has 2 aromatic heterocycles. The lowest BCUT2D eigenvalue weighted by atomic mass is 9.85. The largest absolute Gasteiger partial charge is 0.349 e. The Balaban J connectivity index is 1.21. The average Bonchev–Trinajstić information content (AvgIpc) is 3.41. The second-order valence-corrected chi connectivity index (χ2v) is 10.3. The molecule has 7 nitrogen and oxygen atoms in total. The minimum Gasteiger partial charge on any atom is -0.349 e. The second kappa shape index (κ2) is 9.27. The zero-order valence-electron chi connectivity index (χ0n) is 19.3. The number of aryl methyl sites for hydroxylation is 1. The summed E-state index contributed by atoms with van der Waals surface area (Å²) in [7, 11) is 2.10. The maximum absolute atomic E-state index is 13.0. The van der Waals surface area contributed by atoms with Crippen LogP contribution in [0.4, 0.5) is 0 Å². The molecule has 0 bridgehead atoms. The molecule has 0 radical (unpaired) electrons. The minimum atomic E-state index is -0.0240. The first-order chi connectivity index (χ1) is 16.0. The third-order valence-corrected chi connectivity index (χ3v) is 8.11. The Kier molecular flexibility index (Phi) is 6.21. The molecular weight excluding hydrogens is 434 g/mol. The molecule has 1 saturated carbocycles. The third kappa shape index (κ3) is 4.54. The van der Waals surface area contributed by atoms with Crippen LogP contribution in [0.15, 0.2) is 36.4 Å². The quantitative estimate of drug-likeness (QED) is 0.641. The minimum absolute atomic E-state index is 0.0240. The van der Waals surface area contributed by atoms with Crippen LogP contribution in [0.25, 0.3) is 15.9 Å². The van der Waals surface area contributed by atoms with Gasteiger partial charge < -0.3 is 15.1 Å². The molecular formula is C25H31N5O2S. The highest BCUT2D eigenvalue weighted by molar-refractivity contribution is 7.20. The summed E-state index contributed by atoms with van der Waals surface area (Å²) >= 11 is 1.48. The lowest BCUT2D eigenvalue weighted by molar-refractivity contribution is -0.138. The van der Waals surface area contributed by atoms with Crippen LogP contribution in [0.1, 0.15) is 41.0 Å². The van der Waals surface area contributed by atoms with Gasteiger partial charge in [-0.05, 0) is 57.9 Å². The van der Waals surface area contributed by atoms with Crippen LogP contribution in [-0.2, 0) is 4.79 Å². The summed E-state index contributed by atoms with van der Waals surface area (Å²) in [6, 6.07) is 12.1. The van der Waals surface area contributed by atoms with Crippen molar-refractivity contribution in [2.75, 3.05) is 33.2 Å². The normalized spacial score (nSPS) is 21.9. The topological polar surface area (TPSA) is 70.5 Å². The first kappa shape index (κ1) is 22.1.